The van der Waals surface area contributed by atoms with Crippen molar-refractivity contribution in [2.45, 2.75) is 85.8 Å². The fourth-order valence-electron chi connectivity index (χ4n) is 4.87. The molecule has 1 heterocycles. The van der Waals surface area contributed by atoms with Gasteiger partial charge in [-0.1, -0.05) is 108 Å². The molecule has 0 aromatic heterocycles. The minimum Gasteiger partial charge on any atom is -0.0800 e. The van der Waals surface area contributed by atoms with Crippen LogP contribution in [0.5, 0.6) is 0 Å². The zero-order chi connectivity index (χ0) is 20.2. The molecule has 0 spiro atoms. The number of unbranched alkanes of at least 4 members (excludes halogenated alkanes) is 1. The molecule has 1 aliphatic rings. The third kappa shape index (κ3) is 5.10. The van der Waals surface area contributed by atoms with E-state index in [1.807, 2.05) is 0 Å². The summed E-state index contributed by atoms with van der Waals surface area (Å²) in [4.78, 5) is 0. The van der Waals surface area contributed by atoms with Crippen molar-refractivity contribution < 1.29 is 0 Å². The number of hydrogen-bond acceptors (Lipinski definition) is 0. The fraction of sp³-hybridized carbons (Fsp3) is 0.556. The average Bonchev–Trinajstić information content (AvgIpc) is 2.88. The Hall–Kier alpha value is -1.50. The van der Waals surface area contributed by atoms with Crippen molar-refractivity contribution in [2.75, 3.05) is 0 Å². The van der Waals surface area contributed by atoms with E-state index in [0.717, 1.165) is 6.71 Å². The first kappa shape index (κ1) is 21.2. The van der Waals surface area contributed by atoms with Gasteiger partial charge in [0, 0.05) is 0 Å². The molecule has 3 rings (SSSR count). The van der Waals surface area contributed by atoms with Gasteiger partial charge in [0.15, 0.2) is 6.71 Å². The van der Waals surface area contributed by atoms with Crippen molar-refractivity contribution in [1.29, 1.82) is 0 Å². The molecule has 0 amide bonds. The van der Waals surface area contributed by atoms with Gasteiger partial charge in [-0.3, -0.25) is 0 Å². The summed E-state index contributed by atoms with van der Waals surface area (Å²) >= 11 is 0. The Kier molecular flexibility index (Phi) is 6.74. The van der Waals surface area contributed by atoms with Gasteiger partial charge in [-0.2, -0.15) is 0 Å². The highest BCUT2D eigenvalue weighted by Gasteiger charge is 2.47. The van der Waals surface area contributed by atoms with Gasteiger partial charge < -0.3 is 0 Å². The van der Waals surface area contributed by atoms with E-state index >= 15 is 0 Å². The van der Waals surface area contributed by atoms with E-state index in [1.54, 1.807) is 5.46 Å². The number of hydrogen-bond donors (Lipinski definition) is 0. The van der Waals surface area contributed by atoms with Gasteiger partial charge in [0.05, 0.1) is 0 Å². The SMILES string of the molecule is CCCc1ccc(CCCCc2ccc(B3CC(C)(C)C(C)(C)C3)cc2)cc1. The molecule has 28 heavy (non-hydrogen) atoms. The largest absolute Gasteiger partial charge is 0.176 e. The Bertz CT molecular complexity index is 721. The molecule has 0 bridgehead atoms. The molecule has 2 aromatic rings. The Morgan fingerprint density at radius 1 is 0.643 bits per heavy atom. The molecule has 0 nitrogen and oxygen atoms in total. The summed E-state index contributed by atoms with van der Waals surface area (Å²) in [6.45, 7) is 12.7. The summed E-state index contributed by atoms with van der Waals surface area (Å²) in [6, 6.07) is 18.8. The van der Waals surface area contributed by atoms with E-state index in [4.69, 9.17) is 0 Å². The summed E-state index contributed by atoms with van der Waals surface area (Å²) in [6.07, 6.45) is 10.0. The number of benzene rings is 2. The van der Waals surface area contributed by atoms with Crippen LogP contribution in [0, 0.1) is 10.8 Å². The van der Waals surface area contributed by atoms with Crippen LogP contribution in [0.4, 0.5) is 0 Å². The second-order valence-electron chi connectivity index (χ2n) is 10.4. The van der Waals surface area contributed by atoms with Crippen LogP contribution in [0.3, 0.4) is 0 Å². The van der Waals surface area contributed by atoms with Crippen LogP contribution in [0.2, 0.25) is 12.6 Å². The average molecular weight is 374 g/mol. The molecule has 0 saturated carbocycles. The maximum atomic E-state index is 2.44. The number of rotatable bonds is 8. The fourth-order valence-corrected chi connectivity index (χ4v) is 4.87. The van der Waals surface area contributed by atoms with Gasteiger partial charge in [-0.25, -0.2) is 0 Å². The van der Waals surface area contributed by atoms with Crippen LogP contribution in [0.25, 0.3) is 0 Å². The highest BCUT2D eigenvalue weighted by Crippen LogP contribution is 2.52. The number of aryl methyl sites for hydroxylation is 3. The van der Waals surface area contributed by atoms with Gasteiger partial charge >= 0.3 is 0 Å². The molecular formula is C27H39B. The molecule has 1 saturated heterocycles. The normalized spacial score (nSPS) is 17.8. The van der Waals surface area contributed by atoms with Crippen molar-refractivity contribution in [1.82, 2.24) is 0 Å². The molecule has 1 fully saturated rings. The Balaban J connectivity index is 1.45. The summed E-state index contributed by atoms with van der Waals surface area (Å²) in [7, 11) is 0. The molecule has 1 aliphatic heterocycles. The van der Waals surface area contributed by atoms with E-state index in [2.05, 4.69) is 83.1 Å². The lowest BCUT2D eigenvalue weighted by Gasteiger charge is -2.35. The molecule has 0 radical (unpaired) electrons. The first-order chi connectivity index (χ1) is 13.3. The van der Waals surface area contributed by atoms with Crippen LogP contribution in [0.15, 0.2) is 48.5 Å². The van der Waals surface area contributed by atoms with Crippen LogP contribution in [0.1, 0.15) is 70.6 Å². The van der Waals surface area contributed by atoms with Gasteiger partial charge in [-0.15, -0.1) is 0 Å². The molecule has 0 N–H and O–H groups in total. The predicted molar refractivity (Wildman–Crippen MR) is 126 cm³/mol. The van der Waals surface area contributed by atoms with E-state index < -0.39 is 0 Å². The van der Waals surface area contributed by atoms with Crippen molar-refractivity contribution in [3.8, 4) is 0 Å². The van der Waals surface area contributed by atoms with Gasteiger partial charge in [-0.05, 0) is 59.6 Å². The molecule has 0 atom stereocenters. The summed E-state index contributed by atoms with van der Waals surface area (Å²) < 4.78 is 0. The molecular weight excluding hydrogens is 335 g/mol. The monoisotopic (exact) mass is 374 g/mol. The Morgan fingerprint density at radius 3 is 1.46 bits per heavy atom. The van der Waals surface area contributed by atoms with Crippen molar-refractivity contribution in [3.63, 3.8) is 0 Å². The minimum absolute atomic E-state index is 0.436. The smallest absolute Gasteiger partial charge is 0.0800 e. The van der Waals surface area contributed by atoms with Crippen LogP contribution < -0.4 is 5.46 Å². The van der Waals surface area contributed by atoms with Crippen LogP contribution in [-0.4, -0.2) is 6.71 Å². The van der Waals surface area contributed by atoms with Crippen LogP contribution in [-0.2, 0) is 19.3 Å². The molecule has 150 valence electrons. The molecule has 1 heteroatoms. The van der Waals surface area contributed by atoms with Crippen molar-refractivity contribution in [3.05, 3.63) is 65.2 Å². The van der Waals surface area contributed by atoms with Crippen molar-refractivity contribution >= 4 is 12.2 Å². The first-order valence-electron chi connectivity index (χ1n) is 11.5. The standard InChI is InChI=1S/C27H39B/c1-6-9-22-12-14-23(15-13-22)10-7-8-11-24-16-18-25(19-17-24)28-20-26(2,3)27(4,5)21-28/h12-19H,6-11,20-21H2,1-5H3. The van der Waals surface area contributed by atoms with Crippen molar-refractivity contribution in [2.24, 2.45) is 10.8 Å². The minimum atomic E-state index is 0.436. The summed E-state index contributed by atoms with van der Waals surface area (Å²) in [5.74, 6) is 0. The predicted octanol–water partition coefficient (Wildman–Crippen LogP) is 6.97. The second-order valence-corrected chi connectivity index (χ2v) is 10.4. The third-order valence-corrected chi connectivity index (χ3v) is 7.54. The maximum absolute atomic E-state index is 2.44. The van der Waals surface area contributed by atoms with Gasteiger partial charge in [0.2, 0.25) is 0 Å². The first-order valence-corrected chi connectivity index (χ1v) is 11.5. The third-order valence-electron chi connectivity index (χ3n) is 7.54. The van der Waals surface area contributed by atoms with E-state index in [1.165, 1.54) is 67.9 Å². The maximum Gasteiger partial charge on any atom is 0.176 e. The lowest BCUT2D eigenvalue weighted by atomic mass is 9.42. The van der Waals surface area contributed by atoms with E-state index in [9.17, 15) is 0 Å². The lowest BCUT2D eigenvalue weighted by molar-refractivity contribution is 0.177. The highest BCUT2D eigenvalue weighted by atomic mass is 14.4. The van der Waals surface area contributed by atoms with Gasteiger partial charge in [0.1, 0.15) is 0 Å². The molecule has 2 aromatic carbocycles. The van der Waals surface area contributed by atoms with E-state index in [-0.39, 0.29) is 0 Å². The quantitative estimate of drug-likeness (QED) is 0.346. The Morgan fingerprint density at radius 2 is 1.04 bits per heavy atom. The molecule has 0 aliphatic carbocycles. The highest BCUT2D eigenvalue weighted by molar-refractivity contribution is 6.74. The zero-order valence-electron chi connectivity index (χ0n) is 18.9. The van der Waals surface area contributed by atoms with Gasteiger partial charge in [0.25, 0.3) is 0 Å². The van der Waals surface area contributed by atoms with Crippen LogP contribution >= 0.6 is 0 Å². The molecule has 0 unspecified atom stereocenters. The summed E-state index contributed by atoms with van der Waals surface area (Å²) in [5.41, 5.74) is 6.88. The summed E-state index contributed by atoms with van der Waals surface area (Å²) in [5, 5.41) is 0. The second kappa shape index (κ2) is 8.89. The van der Waals surface area contributed by atoms with E-state index in [0.29, 0.717) is 10.8 Å². The lowest BCUT2D eigenvalue weighted by Crippen LogP contribution is -2.27. The topological polar surface area (TPSA) is 0 Å². The zero-order valence-corrected chi connectivity index (χ0v) is 18.9. The Labute approximate surface area is 174 Å².